The molecule has 6 nitrogen and oxygen atoms in total. The van der Waals surface area contributed by atoms with Crippen LogP contribution in [0.3, 0.4) is 0 Å². The summed E-state index contributed by atoms with van der Waals surface area (Å²) >= 11 is 0. The van der Waals surface area contributed by atoms with Gasteiger partial charge in [-0.25, -0.2) is 21.9 Å². The summed E-state index contributed by atoms with van der Waals surface area (Å²) < 4.78 is 56.6. The molecule has 0 aliphatic heterocycles. The number of halogens is 2. The van der Waals surface area contributed by atoms with Crippen LogP contribution in [0.25, 0.3) is 0 Å². The topological polar surface area (TPSA) is 84.2 Å². The van der Waals surface area contributed by atoms with Crippen LogP contribution >= 0.6 is 0 Å². The first-order valence-electron chi connectivity index (χ1n) is 7.41. The number of aromatic nitrogens is 2. The average molecular weight is 357 g/mol. The Bertz CT molecular complexity index is 827. The largest absolute Gasteiger partial charge is 0.393 e. The first kappa shape index (κ1) is 17.0. The van der Waals surface area contributed by atoms with Crippen molar-refractivity contribution >= 4 is 10.0 Å². The van der Waals surface area contributed by atoms with E-state index in [1.807, 2.05) is 0 Å². The highest BCUT2D eigenvalue weighted by atomic mass is 32.2. The molecule has 3 rings (SSSR count). The Labute approximate surface area is 138 Å². The maximum Gasteiger partial charge on any atom is 0.246 e. The van der Waals surface area contributed by atoms with E-state index in [0.29, 0.717) is 18.4 Å². The van der Waals surface area contributed by atoms with E-state index in [-0.39, 0.29) is 5.92 Å². The zero-order valence-electron chi connectivity index (χ0n) is 12.9. The first-order chi connectivity index (χ1) is 11.3. The van der Waals surface area contributed by atoms with Crippen molar-refractivity contribution in [1.29, 1.82) is 0 Å². The molecule has 0 radical (unpaired) electrons. The van der Waals surface area contributed by atoms with Crippen LogP contribution in [0.15, 0.2) is 35.5 Å². The number of aliphatic hydroxyl groups is 1. The molecule has 0 spiro atoms. The van der Waals surface area contributed by atoms with Gasteiger partial charge in [-0.1, -0.05) is 6.07 Å². The monoisotopic (exact) mass is 357 g/mol. The first-order valence-corrected chi connectivity index (χ1v) is 8.89. The predicted octanol–water partition coefficient (Wildman–Crippen LogP) is 1.49. The van der Waals surface area contributed by atoms with Crippen LogP contribution < -0.4 is 4.72 Å². The maximum absolute atomic E-state index is 13.8. The van der Waals surface area contributed by atoms with Crippen molar-refractivity contribution in [3.63, 3.8) is 0 Å². The Morgan fingerprint density at radius 1 is 1.33 bits per heavy atom. The molecule has 0 amide bonds. The Morgan fingerprint density at radius 3 is 2.46 bits per heavy atom. The highest BCUT2D eigenvalue weighted by molar-refractivity contribution is 7.89. The fraction of sp³-hybridized carbons (Fsp3) is 0.400. The second-order valence-corrected chi connectivity index (χ2v) is 7.63. The summed E-state index contributed by atoms with van der Waals surface area (Å²) in [5, 5.41) is 13.5. The van der Waals surface area contributed by atoms with Crippen LogP contribution in [0.1, 0.15) is 24.4 Å². The average Bonchev–Trinajstić information content (AvgIpc) is 2.88. The third-order valence-corrected chi connectivity index (χ3v) is 5.67. The molecule has 0 saturated heterocycles. The molecule has 0 bridgehead atoms. The molecule has 9 heteroatoms. The third-order valence-electron chi connectivity index (χ3n) is 4.17. The van der Waals surface area contributed by atoms with Gasteiger partial charge in [-0.2, -0.15) is 5.10 Å². The van der Waals surface area contributed by atoms with Crippen LogP contribution in [0.4, 0.5) is 8.78 Å². The second kappa shape index (κ2) is 6.23. The molecule has 1 atom stereocenters. The van der Waals surface area contributed by atoms with Gasteiger partial charge in [0.05, 0.1) is 18.3 Å². The van der Waals surface area contributed by atoms with E-state index in [2.05, 4.69) is 9.82 Å². The van der Waals surface area contributed by atoms with Gasteiger partial charge in [-0.3, -0.25) is 4.68 Å². The zero-order chi connectivity index (χ0) is 17.5. The minimum Gasteiger partial charge on any atom is -0.393 e. The summed E-state index contributed by atoms with van der Waals surface area (Å²) in [5.74, 6) is -2.48. The number of sulfonamides is 1. The summed E-state index contributed by atoms with van der Waals surface area (Å²) in [7, 11) is -2.74. The van der Waals surface area contributed by atoms with Crippen LogP contribution in [0.2, 0.25) is 0 Å². The summed E-state index contributed by atoms with van der Waals surface area (Å²) in [6.07, 6.45) is 3.44. The molecule has 130 valence electrons. The lowest BCUT2D eigenvalue weighted by atomic mass is 9.76. The lowest BCUT2D eigenvalue weighted by molar-refractivity contribution is 0.0280. The molecular weight excluding hydrogens is 340 g/mol. The van der Waals surface area contributed by atoms with Crippen molar-refractivity contribution in [3.8, 4) is 0 Å². The van der Waals surface area contributed by atoms with Gasteiger partial charge in [0.1, 0.15) is 11.6 Å². The number of aryl methyl sites for hydroxylation is 1. The molecule has 1 aliphatic rings. The molecule has 2 N–H and O–H groups in total. The minimum absolute atomic E-state index is 0.172. The molecule has 1 heterocycles. The number of aliphatic hydroxyl groups excluding tert-OH is 1. The fourth-order valence-electron chi connectivity index (χ4n) is 2.90. The summed E-state index contributed by atoms with van der Waals surface area (Å²) in [4.78, 5) is -1.00. The van der Waals surface area contributed by atoms with E-state index < -0.39 is 38.7 Å². The SMILES string of the molecule is Cn1cc([C@H](NS(=O)(=O)c2c(F)cccc2F)C2CC(O)C2)cn1. The molecule has 1 aliphatic carbocycles. The van der Waals surface area contributed by atoms with Crippen molar-refractivity contribution in [3.05, 3.63) is 47.8 Å². The Hall–Kier alpha value is -1.84. The van der Waals surface area contributed by atoms with Crippen LogP contribution in [0, 0.1) is 17.6 Å². The van der Waals surface area contributed by atoms with Crippen LogP contribution in [-0.2, 0) is 17.1 Å². The zero-order valence-corrected chi connectivity index (χ0v) is 13.7. The van der Waals surface area contributed by atoms with Crippen molar-refractivity contribution in [2.24, 2.45) is 13.0 Å². The summed E-state index contributed by atoms with van der Waals surface area (Å²) in [6, 6.07) is 2.17. The Balaban J connectivity index is 1.95. The number of nitrogens with one attached hydrogen (secondary N) is 1. The maximum atomic E-state index is 13.8. The molecule has 2 aromatic rings. The number of hydrogen-bond donors (Lipinski definition) is 2. The second-order valence-electron chi connectivity index (χ2n) is 5.98. The van der Waals surface area contributed by atoms with Crippen LogP contribution in [0.5, 0.6) is 0 Å². The number of benzene rings is 1. The van der Waals surface area contributed by atoms with Gasteiger partial charge in [0.25, 0.3) is 0 Å². The normalized spacial score (nSPS) is 22.2. The number of rotatable bonds is 5. The summed E-state index contributed by atoms with van der Waals surface area (Å²) in [5.41, 5.74) is 0.578. The highest BCUT2D eigenvalue weighted by Crippen LogP contribution is 2.39. The van der Waals surface area contributed by atoms with Crippen molar-refractivity contribution in [2.45, 2.75) is 29.9 Å². The Morgan fingerprint density at radius 2 is 1.96 bits per heavy atom. The quantitative estimate of drug-likeness (QED) is 0.849. The standard InChI is InChI=1S/C15H17F2N3O3S/c1-20-8-10(7-18-20)14(9-5-11(21)6-9)19-24(22,23)15-12(16)3-2-4-13(15)17/h2-4,7-9,11,14,19,21H,5-6H2,1H3/t9?,11?,14-/m1/s1. The molecule has 1 saturated carbocycles. The molecular formula is C15H17F2N3O3S. The van der Waals surface area contributed by atoms with Crippen molar-refractivity contribution in [2.75, 3.05) is 0 Å². The van der Waals surface area contributed by atoms with Crippen molar-refractivity contribution < 1.29 is 22.3 Å². The van der Waals surface area contributed by atoms with E-state index in [1.165, 1.54) is 10.9 Å². The van der Waals surface area contributed by atoms with E-state index in [1.54, 1.807) is 13.2 Å². The van der Waals surface area contributed by atoms with E-state index in [4.69, 9.17) is 0 Å². The molecule has 1 aromatic carbocycles. The highest BCUT2D eigenvalue weighted by Gasteiger charge is 2.38. The molecule has 24 heavy (non-hydrogen) atoms. The predicted molar refractivity (Wildman–Crippen MR) is 81.4 cm³/mol. The lowest BCUT2D eigenvalue weighted by Gasteiger charge is -2.37. The van der Waals surface area contributed by atoms with E-state index >= 15 is 0 Å². The minimum atomic E-state index is -4.42. The van der Waals surface area contributed by atoms with Gasteiger partial charge in [0.2, 0.25) is 10.0 Å². The fourth-order valence-corrected chi connectivity index (χ4v) is 4.33. The molecule has 0 unspecified atom stereocenters. The van der Waals surface area contributed by atoms with Gasteiger partial charge < -0.3 is 5.11 Å². The smallest absolute Gasteiger partial charge is 0.246 e. The molecule has 1 fully saturated rings. The molecule has 1 aromatic heterocycles. The van der Waals surface area contributed by atoms with Crippen LogP contribution in [-0.4, -0.2) is 29.4 Å². The van der Waals surface area contributed by atoms with E-state index in [0.717, 1.165) is 18.2 Å². The number of hydrogen-bond acceptors (Lipinski definition) is 4. The van der Waals surface area contributed by atoms with Gasteiger partial charge in [-0.15, -0.1) is 0 Å². The van der Waals surface area contributed by atoms with E-state index in [9.17, 15) is 22.3 Å². The van der Waals surface area contributed by atoms with Gasteiger partial charge >= 0.3 is 0 Å². The Kier molecular flexibility index (Phi) is 4.41. The van der Waals surface area contributed by atoms with Gasteiger partial charge in [0, 0.05) is 18.8 Å². The number of nitrogens with zero attached hydrogens (tertiary/aromatic N) is 2. The lowest BCUT2D eigenvalue weighted by Crippen LogP contribution is -2.41. The van der Waals surface area contributed by atoms with Crippen molar-refractivity contribution in [1.82, 2.24) is 14.5 Å². The van der Waals surface area contributed by atoms with Gasteiger partial charge in [-0.05, 0) is 30.9 Å². The third kappa shape index (κ3) is 3.19. The van der Waals surface area contributed by atoms with Gasteiger partial charge in [0.15, 0.2) is 4.90 Å². The summed E-state index contributed by atoms with van der Waals surface area (Å²) in [6.45, 7) is 0.